The van der Waals surface area contributed by atoms with E-state index >= 15 is 0 Å². The van der Waals surface area contributed by atoms with Crippen molar-refractivity contribution < 1.29 is 0 Å². The van der Waals surface area contributed by atoms with Crippen LogP contribution in [0.25, 0.3) is 0 Å². The molecule has 4 rings (SSSR count). The molecule has 0 bridgehead atoms. The maximum atomic E-state index is 4.22. The fraction of sp³-hybridized carbons (Fsp3) is 0.500. The Morgan fingerprint density at radius 2 is 1.73 bits per heavy atom. The molecular formula is C18H24N4. The molecule has 0 saturated carbocycles. The summed E-state index contributed by atoms with van der Waals surface area (Å²) in [5.74, 6) is 1.69. The van der Waals surface area contributed by atoms with Crippen molar-refractivity contribution in [3.05, 3.63) is 54.1 Å². The molecule has 4 nitrogen and oxygen atoms in total. The van der Waals surface area contributed by atoms with Crippen LogP contribution in [-0.2, 0) is 20.1 Å². The van der Waals surface area contributed by atoms with Crippen molar-refractivity contribution in [3.63, 3.8) is 0 Å². The molecular weight excluding hydrogens is 272 g/mol. The number of nitrogens with zero attached hydrogens (tertiary/aromatic N) is 4. The van der Waals surface area contributed by atoms with Gasteiger partial charge in [0.2, 0.25) is 0 Å². The van der Waals surface area contributed by atoms with Gasteiger partial charge in [0, 0.05) is 70.6 Å². The third kappa shape index (κ3) is 2.81. The Morgan fingerprint density at radius 1 is 1.00 bits per heavy atom. The Kier molecular flexibility index (Phi) is 3.72. The van der Waals surface area contributed by atoms with E-state index in [9.17, 15) is 0 Å². The molecule has 2 saturated heterocycles. The number of fused-ring (bicyclic) bond motifs is 1. The van der Waals surface area contributed by atoms with E-state index in [1.54, 1.807) is 0 Å². The summed E-state index contributed by atoms with van der Waals surface area (Å²) >= 11 is 0. The van der Waals surface area contributed by atoms with E-state index in [2.05, 4.69) is 50.8 Å². The molecule has 0 unspecified atom stereocenters. The van der Waals surface area contributed by atoms with Crippen LogP contribution in [0.2, 0.25) is 0 Å². The lowest BCUT2D eigenvalue weighted by Gasteiger charge is -2.21. The van der Waals surface area contributed by atoms with Crippen LogP contribution in [0, 0.1) is 11.8 Å². The van der Waals surface area contributed by atoms with E-state index in [1.807, 2.05) is 18.5 Å². The zero-order valence-electron chi connectivity index (χ0n) is 13.2. The lowest BCUT2D eigenvalue weighted by atomic mass is 10.0. The van der Waals surface area contributed by atoms with Crippen LogP contribution < -0.4 is 0 Å². The molecule has 22 heavy (non-hydrogen) atoms. The second-order valence-electron chi connectivity index (χ2n) is 6.88. The first-order chi connectivity index (χ1) is 10.8. The van der Waals surface area contributed by atoms with Crippen molar-refractivity contribution in [3.8, 4) is 0 Å². The largest absolute Gasteiger partial charge is 0.353 e. The van der Waals surface area contributed by atoms with E-state index in [0.717, 1.165) is 24.9 Å². The first kappa shape index (κ1) is 14.0. The maximum absolute atomic E-state index is 4.22. The minimum atomic E-state index is 0.844. The molecule has 4 heteroatoms. The molecule has 2 aliphatic rings. The van der Waals surface area contributed by atoms with Crippen LogP contribution in [0.4, 0.5) is 0 Å². The number of aromatic nitrogens is 2. The van der Waals surface area contributed by atoms with Crippen molar-refractivity contribution in [1.29, 1.82) is 0 Å². The monoisotopic (exact) mass is 296 g/mol. The van der Waals surface area contributed by atoms with E-state index in [1.165, 1.54) is 37.4 Å². The lowest BCUT2D eigenvalue weighted by molar-refractivity contribution is 0.243. The molecule has 2 atom stereocenters. The van der Waals surface area contributed by atoms with Crippen molar-refractivity contribution in [1.82, 2.24) is 19.4 Å². The van der Waals surface area contributed by atoms with Gasteiger partial charge >= 0.3 is 0 Å². The number of likely N-dealkylation sites (tertiary alicyclic amines) is 2. The van der Waals surface area contributed by atoms with Gasteiger partial charge in [-0.15, -0.1) is 0 Å². The van der Waals surface area contributed by atoms with Crippen LogP contribution >= 0.6 is 0 Å². The zero-order chi connectivity index (χ0) is 14.9. The van der Waals surface area contributed by atoms with Gasteiger partial charge < -0.3 is 4.57 Å². The molecule has 2 aliphatic heterocycles. The van der Waals surface area contributed by atoms with E-state index < -0.39 is 0 Å². The highest BCUT2D eigenvalue weighted by Crippen LogP contribution is 2.32. The van der Waals surface area contributed by atoms with Gasteiger partial charge in [0.05, 0.1) is 0 Å². The molecule has 0 aliphatic carbocycles. The number of hydrogen-bond donors (Lipinski definition) is 0. The maximum Gasteiger partial charge on any atom is 0.0387 e. The quantitative estimate of drug-likeness (QED) is 0.862. The SMILES string of the molecule is Cn1cccc1CN1C[C@H]2CN(Cc3cccnc3)C[C@H]2C1. The smallest absolute Gasteiger partial charge is 0.0387 e. The third-order valence-electron chi connectivity index (χ3n) is 5.20. The summed E-state index contributed by atoms with van der Waals surface area (Å²) in [6, 6.07) is 8.60. The molecule has 2 aromatic heterocycles. The van der Waals surface area contributed by atoms with Gasteiger partial charge in [0.1, 0.15) is 0 Å². The van der Waals surface area contributed by atoms with Gasteiger partial charge in [-0.25, -0.2) is 0 Å². The van der Waals surface area contributed by atoms with Crippen molar-refractivity contribution in [2.45, 2.75) is 13.1 Å². The molecule has 2 aromatic rings. The third-order valence-corrected chi connectivity index (χ3v) is 5.20. The van der Waals surface area contributed by atoms with E-state index in [-0.39, 0.29) is 0 Å². The number of hydrogen-bond acceptors (Lipinski definition) is 3. The Balaban J connectivity index is 1.32. The van der Waals surface area contributed by atoms with Gasteiger partial charge in [-0.05, 0) is 35.6 Å². The van der Waals surface area contributed by atoms with Gasteiger partial charge in [-0.3, -0.25) is 14.8 Å². The Labute approximate surface area is 132 Å². The zero-order valence-corrected chi connectivity index (χ0v) is 13.2. The molecule has 0 radical (unpaired) electrons. The fourth-order valence-electron chi connectivity index (χ4n) is 4.09. The molecule has 116 valence electrons. The van der Waals surface area contributed by atoms with Gasteiger partial charge in [0.25, 0.3) is 0 Å². The van der Waals surface area contributed by atoms with Crippen molar-refractivity contribution in [2.75, 3.05) is 26.2 Å². The summed E-state index contributed by atoms with van der Waals surface area (Å²) in [6.07, 6.45) is 5.99. The highest BCUT2D eigenvalue weighted by Gasteiger charge is 2.39. The van der Waals surface area contributed by atoms with E-state index in [4.69, 9.17) is 0 Å². The second kappa shape index (κ2) is 5.86. The van der Waals surface area contributed by atoms with Crippen LogP contribution in [-0.4, -0.2) is 45.5 Å². The summed E-state index contributed by atoms with van der Waals surface area (Å²) in [6.45, 7) is 7.13. The predicted octanol–water partition coefficient (Wildman–Crippen LogP) is 1.98. The molecule has 0 spiro atoms. The minimum Gasteiger partial charge on any atom is -0.353 e. The van der Waals surface area contributed by atoms with Gasteiger partial charge in [-0.2, -0.15) is 0 Å². The van der Waals surface area contributed by atoms with E-state index in [0.29, 0.717) is 0 Å². The Hall–Kier alpha value is -1.65. The first-order valence-corrected chi connectivity index (χ1v) is 8.22. The predicted molar refractivity (Wildman–Crippen MR) is 87.2 cm³/mol. The second-order valence-corrected chi connectivity index (χ2v) is 6.88. The van der Waals surface area contributed by atoms with Crippen LogP contribution in [0.1, 0.15) is 11.3 Å². The summed E-state index contributed by atoms with van der Waals surface area (Å²) < 4.78 is 2.24. The van der Waals surface area contributed by atoms with Crippen LogP contribution in [0.3, 0.4) is 0 Å². The summed E-state index contributed by atoms with van der Waals surface area (Å²) in [4.78, 5) is 9.46. The Bertz CT molecular complexity index is 607. The molecule has 4 heterocycles. The van der Waals surface area contributed by atoms with Gasteiger partial charge in [-0.1, -0.05) is 6.07 Å². The molecule has 2 fully saturated rings. The average molecular weight is 296 g/mol. The number of rotatable bonds is 4. The first-order valence-electron chi connectivity index (χ1n) is 8.22. The number of aryl methyl sites for hydroxylation is 1. The highest BCUT2D eigenvalue weighted by atomic mass is 15.2. The summed E-state index contributed by atoms with van der Waals surface area (Å²) in [5.41, 5.74) is 2.76. The van der Waals surface area contributed by atoms with Crippen molar-refractivity contribution in [2.24, 2.45) is 18.9 Å². The topological polar surface area (TPSA) is 24.3 Å². The van der Waals surface area contributed by atoms with Gasteiger partial charge in [0.15, 0.2) is 0 Å². The lowest BCUT2D eigenvalue weighted by Crippen LogP contribution is -2.28. The summed E-state index contributed by atoms with van der Waals surface area (Å²) in [7, 11) is 2.14. The normalized spacial score (nSPS) is 25.7. The average Bonchev–Trinajstić information content (AvgIpc) is 3.16. The van der Waals surface area contributed by atoms with Crippen molar-refractivity contribution >= 4 is 0 Å². The Morgan fingerprint density at radius 3 is 2.32 bits per heavy atom. The van der Waals surface area contributed by atoms with Crippen LogP contribution in [0.5, 0.6) is 0 Å². The standard InChI is InChI=1S/C18H24N4/c1-20-7-3-5-18(20)14-22-12-16-10-21(11-17(16)13-22)9-15-4-2-6-19-8-15/h2-8,16-17H,9-14H2,1H3/t16-,17+. The fourth-order valence-corrected chi connectivity index (χ4v) is 4.09. The minimum absolute atomic E-state index is 0.844. The molecule has 0 N–H and O–H groups in total. The molecule has 0 aromatic carbocycles. The molecule has 0 amide bonds. The highest BCUT2D eigenvalue weighted by molar-refractivity contribution is 5.10. The van der Waals surface area contributed by atoms with Crippen LogP contribution in [0.15, 0.2) is 42.9 Å². The number of pyridine rings is 1. The summed E-state index contributed by atoms with van der Waals surface area (Å²) in [5, 5.41) is 0.